The summed E-state index contributed by atoms with van der Waals surface area (Å²) in [6.07, 6.45) is 4.39. The molecule has 2 aromatic rings. The summed E-state index contributed by atoms with van der Waals surface area (Å²) >= 11 is 0. The van der Waals surface area contributed by atoms with Crippen molar-refractivity contribution in [2.45, 2.75) is 18.9 Å². The highest BCUT2D eigenvalue weighted by Crippen LogP contribution is 2.26. The van der Waals surface area contributed by atoms with Crippen LogP contribution in [0.4, 0.5) is 11.4 Å². The van der Waals surface area contributed by atoms with Gasteiger partial charge in [-0.2, -0.15) is 0 Å². The Hall–Kier alpha value is -1.81. The lowest BCUT2D eigenvalue weighted by molar-refractivity contribution is 0.322. The van der Waals surface area contributed by atoms with Gasteiger partial charge in [-0.15, -0.1) is 0 Å². The molecule has 1 aliphatic heterocycles. The molecule has 1 fully saturated rings. The predicted molar refractivity (Wildman–Crippen MR) is 80.3 cm³/mol. The molecule has 1 unspecified atom stereocenters. The number of anilines is 2. The van der Waals surface area contributed by atoms with Crippen molar-refractivity contribution < 1.29 is 0 Å². The van der Waals surface area contributed by atoms with Gasteiger partial charge in [0.15, 0.2) is 0 Å². The van der Waals surface area contributed by atoms with E-state index in [0.29, 0.717) is 6.04 Å². The molecule has 19 heavy (non-hydrogen) atoms. The monoisotopic (exact) mass is 256 g/mol. The number of pyridine rings is 1. The number of benzene rings is 1. The minimum Gasteiger partial charge on any atom is -0.397 e. The van der Waals surface area contributed by atoms with Gasteiger partial charge in [-0.05, 0) is 38.6 Å². The third-order valence-corrected chi connectivity index (χ3v) is 4.00. The molecule has 3 N–H and O–H groups in total. The van der Waals surface area contributed by atoms with Crippen molar-refractivity contribution in [2.24, 2.45) is 0 Å². The number of para-hydroxylation sites is 1. The van der Waals surface area contributed by atoms with E-state index in [-0.39, 0.29) is 0 Å². The molecular weight excluding hydrogens is 236 g/mol. The minimum absolute atomic E-state index is 0.629. The summed E-state index contributed by atoms with van der Waals surface area (Å²) in [6.45, 7) is 2.18. The van der Waals surface area contributed by atoms with Crippen LogP contribution in [0.1, 0.15) is 12.8 Å². The van der Waals surface area contributed by atoms with Gasteiger partial charge < -0.3 is 16.0 Å². The van der Waals surface area contributed by atoms with Crippen LogP contribution in [0.25, 0.3) is 10.9 Å². The van der Waals surface area contributed by atoms with Gasteiger partial charge in [-0.1, -0.05) is 12.1 Å². The second-order valence-corrected chi connectivity index (χ2v) is 5.26. The smallest absolute Gasteiger partial charge is 0.0951 e. The number of nitrogens with two attached hydrogens (primary N) is 1. The van der Waals surface area contributed by atoms with Crippen molar-refractivity contribution in [3.05, 3.63) is 30.5 Å². The van der Waals surface area contributed by atoms with Gasteiger partial charge in [-0.25, -0.2) is 0 Å². The van der Waals surface area contributed by atoms with Crippen LogP contribution < -0.4 is 11.1 Å². The lowest BCUT2D eigenvalue weighted by Gasteiger charge is -2.20. The number of aromatic nitrogens is 1. The number of hydrogen-bond acceptors (Lipinski definition) is 4. The van der Waals surface area contributed by atoms with Crippen molar-refractivity contribution in [1.29, 1.82) is 0 Å². The number of nitrogen functional groups attached to an aromatic ring is 1. The van der Waals surface area contributed by atoms with Gasteiger partial charge in [-0.3, -0.25) is 4.98 Å². The summed E-state index contributed by atoms with van der Waals surface area (Å²) in [4.78, 5) is 6.78. The van der Waals surface area contributed by atoms with E-state index in [1.54, 1.807) is 0 Å². The van der Waals surface area contributed by atoms with E-state index in [1.165, 1.54) is 19.4 Å². The van der Waals surface area contributed by atoms with Crippen LogP contribution in [0.15, 0.2) is 30.5 Å². The molecule has 0 saturated carbocycles. The number of likely N-dealkylation sites (tertiary alicyclic amines) is 1. The normalized spacial score (nSPS) is 19.9. The summed E-state index contributed by atoms with van der Waals surface area (Å²) in [6, 6.07) is 8.59. The first-order valence-electron chi connectivity index (χ1n) is 6.83. The molecule has 1 aliphatic rings. The zero-order valence-corrected chi connectivity index (χ0v) is 11.3. The van der Waals surface area contributed by atoms with Crippen LogP contribution in [0.2, 0.25) is 0 Å². The van der Waals surface area contributed by atoms with Crippen molar-refractivity contribution in [2.75, 3.05) is 31.2 Å². The standard InChI is InChI=1S/C15H20N4/c1-19-9-3-4-11(19)10-18-14-7-8-17-15-12(14)5-2-6-13(15)16/h2,5-8,11H,3-4,9-10,16H2,1H3,(H,17,18). The Kier molecular flexibility index (Phi) is 3.25. The molecule has 4 heteroatoms. The van der Waals surface area contributed by atoms with Gasteiger partial charge in [0.05, 0.1) is 11.2 Å². The molecule has 0 amide bonds. The molecule has 0 spiro atoms. The largest absolute Gasteiger partial charge is 0.397 e. The molecule has 4 nitrogen and oxygen atoms in total. The average molecular weight is 256 g/mol. The maximum atomic E-state index is 5.97. The Morgan fingerprint density at radius 3 is 3.11 bits per heavy atom. The number of nitrogens with one attached hydrogen (secondary N) is 1. The molecule has 1 atom stereocenters. The van der Waals surface area contributed by atoms with E-state index < -0.39 is 0 Å². The predicted octanol–water partition coefficient (Wildman–Crippen LogP) is 2.32. The summed E-state index contributed by atoms with van der Waals surface area (Å²) in [5.74, 6) is 0. The SMILES string of the molecule is CN1CCCC1CNc1ccnc2c(N)cccc12. The molecule has 100 valence electrons. The lowest BCUT2D eigenvalue weighted by Crippen LogP contribution is -2.31. The molecule has 2 heterocycles. The van der Waals surface area contributed by atoms with E-state index in [9.17, 15) is 0 Å². The molecule has 0 bridgehead atoms. The Balaban J connectivity index is 1.83. The highest BCUT2D eigenvalue weighted by Gasteiger charge is 2.20. The van der Waals surface area contributed by atoms with Gasteiger partial charge in [0.1, 0.15) is 0 Å². The van der Waals surface area contributed by atoms with Crippen molar-refractivity contribution in [3.63, 3.8) is 0 Å². The van der Waals surface area contributed by atoms with E-state index in [4.69, 9.17) is 5.73 Å². The summed E-state index contributed by atoms with van der Waals surface area (Å²) in [5, 5.41) is 4.65. The van der Waals surface area contributed by atoms with Crippen LogP contribution >= 0.6 is 0 Å². The minimum atomic E-state index is 0.629. The third-order valence-electron chi connectivity index (χ3n) is 4.00. The first-order chi connectivity index (χ1) is 9.25. The number of nitrogens with zero attached hydrogens (tertiary/aromatic N) is 2. The van der Waals surface area contributed by atoms with Crippen LogP contribution in [0, 0.1) is 0 Å². The average Bonchev–Trinajstić information content (AvgIpc) is 2.82. The fraction of sp³-hybridized carbons (Fsp3) is 0.400. The van der Waals surface area contributed by atoms with Gasteiger partial charge in [0.25, 0.3) is 0 Å². The van der Waals surface area contributed by atoms with Crippen LogP contribution in [-0.2, 0) is 0 Å². The number of hydrogen-bond donors (Lipinski definition) is 2. The topological polar surface area (TPSA) is 54.2 Å². The molecule has 1 aromatic carbocycles. The second-order valence-electron chi connectivity index (χ2n) is 5.26. The van der Waals surface area contributed by atoms with Gasteiger partial charge in [0.2, 0.25) is 0 Å². The van der Waals surface area contributed by atoms with Crippen molar-refractivity contribution in [3.8, 4) is 0 Å². The van der Waals surface area contributed by atoms with Crippen LogP contribution in [0.5, 0.6) is 0 Å². The molecule has 0 aliphatic carbocycles. The fourth-order valence-corrected chi connectivity index (χ4v) is 2.82. The molecular formula is C15H20N4. The van der Waals surface area contributed by atoms with Crippen molar-refractivity contribution >= 4 is 22.3 Å². The number of fused-ring (bicyclic) bond motifs is 1. The molecule has 3 rings (SSSR count). The Morgan fingerprint density at radius 1 is 1.42 bits per heavy atom. The Morgan fingerprint density at radius 2 is 2.32 bits per heavy atom. The molecule has 0 radical (unpaired) electrons. The van der Waals surface area contributed by atoms with E-state index in [2.05, 4.69) is 28.3 Å². The highest BCUT2D eigenvalue weighted by molar-refractivity contribution is 5.97. The number of rotatable bonds is 3. The third kappa shape index (κ3) is 2.36. The summed E-state index contributed by atoms with van der Waals surface area (Å²) in [5.41, 5.74) is 8.71. The molecule has 1 saturated heterocycles. The van der Waals surface area contributed by atoms with E-state index in [1.807, 2.05) is 24.4 Å². The lowest BCUT2D eigenvalue weighted by atomic mass is 10.1. The first kappa shape index (κ1) is 12.2. The summed E-state index contributed by atoms with van der Waals surface area (Å²) in [7, 11) is 2.20. The maximum Gasteiger partial charge on any atom is 0.0951 e. The molecule has 1 aromatic heterocycles. The van der Waals surface area contributed by atoms with Crippen LogP contribution in [-0.4, -0.2) is 36.1 Å². The zero-order valence-electron chi connectivity index (χ0n) is 11.3. The van der Waals surface area contributed by atoms with E-state index in [0.717, 1.165) is 28.8 Å². The second kappa shape index (κ2) is 5.05. The highest BCUT2D eigenvalue weighted by atomic mass is 15.2. The van der Waals surface area contributed by atoms with Gasteiger partial charge in [0, 0.05) is 29.9 Å². The van der Waals surface area contributed by atoms with E-state index >= 15 is 0 Å². The summed E-state index contributed by atoms with van der Waals surface area (Å²) < 4.78 is 0. The maximum absolute atomic E-state index is 5.97. The van der Waals surface area contributed by atoms with Crippen molar-refractivity contribution in [1.82, 2.24) is 9.88 Å². The first-order valence-corrected chi connectivity index (χ1v) is 6.83. The quantitative estimate of drug-likeness (QED) is 0.828. The zero-order chi connectivity index (χ0) is 13.2. The van der Waals surface area contributed by atoms with Crippen LogP contribution in [0.3, 0.4) is 0 Å². The fourth-order valence-electron chi connectivity index (χ4n) is 2.82. The van der Waals surface area contributed by atoms with Gasteiger partial charge >= 0.3 is 0 Å². The number of likely N-dealkylation sites (N-methyl/N-ethyl adjacent to an activating group) is 1. The Bertz CT molecular complexity index is 581. The Labute approximate surface area is 113 Å².